The van der Waals surface area contributed by atoms with Crippen LogP contribution < -0.4 is 10.0 Å². The molecule has 2 radical (unpaired) electrons. The fourth-order valence-corrected chi connectivity index (χ4v) is 5.60. The van der Waals surface area contributed by atoms with E-state index in [1.807, 2.05) is 26.0 Å². The summed E-state index contributed by atoms with van der Waals surface area (Å²) >= 11 is 3.86. The number of halogens is 1. The Balaban J connectivity index is 2.54. The molecule has 24 heavy (non-hydrogen) atoms. The summed E-state index contributed by atoms with van der Waals surface area (Å²) in [5, 5.41) is 8.67. The number of hydrogen-bond donors (Lipinski definition) is 1. The van der Waals surface area contributed by atoms with E-state index in [-0.39, 0.29) is 11.7 Å². The molecular formula is C17H30BrO4PSi. The van der Waals surface area contributed by atoms with E-state index < -0.39 is 5.31 Å². The Labute approximate surface area is 156 Å². The van der Waals surface area contributed by atoms with Gasteiger partial charge in [0.2, 0.25) is 0 Å². The molecule has 0 atom stereocenters. The number of rotatable bonds is 11. The third-order valence-electron chi connectivity index (χ3n) is 3.28. The molecule has 0 saturated carbocycles. The fraction of sp³-hybridized carbons (Fsp3) is 0.647. The van der Waals surface area contributed by atoms with Crippen molar-refractivity contribution in [2.45, 2.75) is 32.2 Å². The number of hydrogen-bond acceptors (Lipinski definition) is 4. The van der Waals surface area contributed by atoms with Gasteiger partial charge in [-0.05, 0) is 0 Å². The molecule has 0 aliphatic rings. The van der Waals surface area contributed by atoms with Gasteiger partial charge in [-0.3, -0.25) is 0 Å². The van der Waals surface area contributed by atoms with Gasteiger partial charge in [-0.25, -0.2) is 0 Å². The first-order valence-electron chi connectivity index (χ1n) is 8.29. The first-order valence-corrected chi connectivity index (χ1v) is 15.2. The van der Waals surface area contributed by atoms with Crippen LogP contribution in [0.1, 0.15) is 20.3 Å². The molecular weight excluding hydrogens is 407 g/mol. The van der Waals surface area contributed by atoms with E-state index in [9.17, 15) is 5.11 Å². The molecule has 0 aliphatic carbocycles. The van der Waals surface area contributed by atoms with Gasteiger partial charge >= 0.3 is 157 Å². The monoisotopic (exact) mass is 436 g/mol. The van der Waals surface area contributed by atoms with Crippen LogP contribution in [0.25, 0.3) is 0 Å². The zero-order valence-corrected chi connectivity index (χ0v) is 18.8. The zero-order valence-electron chi connectivity index (χ0n) is 15.3. The van der Waals surface area contributed by atoms with Gasteiger partial charge in [0.1, 0.15) is 0 Å². The molecule has 0 aromatic heterocycles. The summed E-state index contributed by atoms with van der Waals surface area (Å²) in [4.78, 5) is 0. The third kappa shape index (κ3) is 7.83. The number of benzene rings is 1. The van der Waals surface area contributed by atoms with Crippen molar-refractivity contribution in [3.63, 3.8) is 0 Å². The quantitative estimate of drug-likeness (QED) is 0.246. The van der Waals surface area contributed by atoms with Gasteiger partial charge in [0, 0.05) is 0 Å². The molecule has 0 fully saturated rings. The van der Waals surface area contributed by atoms with Crippen molar-refractivity contribution in [3.8, 4) is 11.5 Å². The predicted octanol–water partition coefficient (Wildman–Crippen LogP) is 4.02. The second-order valence-corrected chi connectivity index (χ2v) is 21.2. The molecule has 1 aromatic carbocycles. The summed E-state index contributed by atoms with van der Waals surface area (Å²) < 4.78 is 17.1. The van der Waals surface area contributed by atoms with Crippen molar-refractivity contribution in [1.29, 1.82) is 0 Å². The van der Waals surface area contributed by atoms with Crippen LogP contribution in [-0.2, 0) is 9.47 Å². The van der Waals surface area contributed by atoms with Crippen molar-refractivity contribution >= 4 is 35.6 Å². The van der Waals surface area contributed by atoms with E-state index in [0.717, 1.165) is 23.5 Å². The Morgan fingerprint density at radius 3 is 2.33 bits per heavy atom. The summed E-state index contributed by atoms with van der Waals surface area (Å²) in [5.41, 5.74) is 0. The average Bonchev–Trinajstić information content (AvgIpc) is 2.47. The van der Waals surface area contributed by atoms with Crippen LogP contribution in [0.2, 0.25) is 6.04 Å². The minimum absolute atomic E-state index is 0.0865. The molecule has 138 valence electrons. The van der Waals surface area contributed by atoms with Gasteiger partial charge in [-0.2, -0.15) is 0 Å². The third-order valence-corrected chi connectivity index (χ3v) is 7.71. The molecule has 1 aromatic rings. The summed E-state index contributed by atoms with van der Waals surface area (Å²) in [7, 11) is 0.617. The Morgan fingerprint density at radius 1 is 1.17 bits per heavy atom. The molecule has 0 heterocycles. The van der Waals surface area contributed by atoms with Crippen molar-refractivity contribution < 1.29 is 19.3 Å². The predicted molar refractivity (Wildman–Crippen MR) is 109 cm³/mol. The second-order valence-electron chi connectivity index (χ2n) is 6.65. The fourth-order valence-electron chi connectivity index (χ4n) is 2.16. The minimum atomic E-state index is -2.20. The first kappa shape index (κ1) is 21.9. The Kier molecular flexibility index (Phi) is 8.70. The molecule has 0 amide bonds. The molecule has 1 N–H and O–H groups in total. The van der Waals surface area contributed by atoms with Crippen molar-refractivity contribution in [1.82, 2.24) is 0 Å². The molecule has 0 saturated heterocycles. The number of phenolic OH excluding ortho intramolecular Hbond substituents is 1. The summed E-state index contributed by atoms with van der Waals surface area (Å²) in [5.74, 6) is 1.04. The molecule has 7 heteroatoms. The molecule has 4 nitrogen and oxygen atoms in total. The van der Waals surface area contributed by atoms with E-state index in [1.54, 1.807) is 6.07 Å². The van der Waals surface area contributed by atoms with E-state index in [1.165, 1.54) is 0 Å². The van der Waals surface area contributed by atoms with Crippen LogP contribution >= 0.6 is 20.8 Å². The van der Waals surface area contributed by atoms with Crippen molar-refractivity contribution in [2.75, 3.05) is 39.8 Å². The Morgan fingerprint density at radius 2 is 1.79 bits per heavy atom. The number of aromatic hydroxyl groups is 1. The van der Waals surface area contributed by atoms with Crippen LogP contribution in [0.4, 0.5) is 0 Å². The topological polar surface area (TPSA) is 47.9 Å². The number of ether oxygens (including phenoxy) is 3. The maximum atomic E-state index is 9.80. The van der Waals surface area contributed by atoms with Gasteiger partial charge in [0.05, 0.1) is 0 Å². The van der Waals surface area contributed by atoms with Gasteiger partial charge in [0.15, 0.2) is 0 Å². The Hall–Kier alpha value is -0.133. The standard InChI is InChI=1S/C17H30BrO4PSi/c1-6-20-17(21-7-2)24-12-8-11-22-15-10-9-14(19)13-16(15)23(3,4,5)18/h9-10,13,17,19H,6-8,11-12H2,1-5H3. The summed E-state index contributed by atoms with van der Waals surface area (Å²) in [6.07, 6.45) is 0.949. The van der Waals surface area contributed by atoms with Crippen LogP contribution in [0.5, 0.6) is 11.5 Å². The van der Waals surface area contributed by atoms with E-state index >= 15 is 0 Å². The average molecular weight is 437 g/mol. The molecule has 0 unspecified atom stereocenters. The molecule has 0 aliphatic heterocycles. The zero-order chi connectivity index (χ0) is 18.2. The maximum absolute atomic E-state index is 9.80. The van der Waals surface area contributed by atoms with Crippen LogP contribution in [0.15, 0.2) is 18.2 Å². The van der Waals surface area contributed by atoms with E-state index in [4.69, 9.17) is 14.2 Å². The first-order chi connectivity index (χ1) is 11.1. The van der Waals surface area contributed by atoms with Crippen molar-refractivity contribution in [2.24, 2.45) is 0 Å². The molecule has 0 spiro atoms. The molecule has 0 bridgehead atoms. The summed E-state index contributed by atoms with van der Waals surface area (Å²) in [6, 6.07) is 6.36. The second kappa shape index (κ2) is 9.53. The van der Waals surface area contributed by atoms with E-state index in [0.29, 0.717) is 29.3 Å². The van der Waals surface area contributed by atoms with Gasteiger partial charge in [0.25, 0.3) is 0 Å². The van der Waals surface area contributed by atoms with Gasteiger partial charge in [-0.15, -0.1) is 0 Å². The van der Waals surface area contributed by atoms with E-state index in [2.05, 4.69) is 35.5 Å². The number of phenols is 1. The van der Waals surface area contributed by atoms with Gasteiger partial charge < -0.3 is 0 Å². The van der Waals surface area contributed by atoms with Crippen LogP contribution in [-0.4, -0.2) is 60.4 Å². The van der Waals surface area contributed by atoms with Crippen LogP contribution in [0.3, 0.4) is 0 Å². The van der Waals surface area contributed by atoms with Crippen LogP contribution in [0, 0.1) is 0 Å². The molecule has 1 rings (SSSR count). The SMILES string of the molecule is CCOC(OCC)[Si]CCCOc1ccc(O)cc1P(C)(C)(C)Br. The van der Waals surface area contributed by atoms with Crippen molar-refractivity contribution in [3.05, 3.63) is 18.2 Å². The normalized spacial score (nSPS) is 13.7. The summed E-state index contributed by atoms with van der Waals surface area (Å²) in [6.45, 7) is 12.5. The van der Waals surface area contributed by atoms with Gasteiger partial charge in [-0.1, -0.05) is 0 Å². The Bertz CT molecular complexity index is 504.